The van der Waals surface area contributed by atoms with Crippen LogP contribution in [0.25, 0.3) is 0 Å². The average Bonchev–Trinajstić information content (AvgIpc) is 2.22. The van der Waals surface area contributed by atoms with E-state index in [9.17, 15) is 14.0 Å². The molecular formula is C10H8BrFO3. The number of halogens is 2. The molecule has 0 radical (unpaired) electrons. The third-order valence-electron chi connectivity index (χ3n) is 1.77. The van der Waals surface area contributed by atoms with Gasteiger partial charge in [0.15, 0.2) is 0 Å². The fourth-order valence-electron chi connectivity index (χ4n) is 1.04. The standard InChI is InChI=1S/C10H8BrFO3/c1-15-10(14)9(13)5-6-4-7(12)2-3-8(6)11/h2-4H,5H2,1H3. The number of carbonyl (C=O) groups excluding carboxylic acids is 2. The summed E-state index contributed by atoms with van der Waals surface area (Å²) in [6.07, 6.45) is -0.176. The zero-order valence-electron chi connectivity index (χ0n) is 7.92. The number of benzene rings is 1. The maximum Gasteiger partial charge on any atom is 0.374 e. The third kappa shape index (κ3) is 3.13. The van der Waals surface area contributed by atoms with Gasteiger partial charge >= 0.3 is 5.97 Å². The summed E-state index contributed by atoms with van der Waals surface area (Å²) in [7, 11) is 1.13. The van der Waals surface area contributed by atoms with E-state index in [0.717, 1.165) is 7.11 Å². The minimum atomic E-state index is -0.925. The first-order chi connectivity index (χ1) is 7.04. The SMILES string of the molecule is COC(=O)C(=O)Cc1cc(F)ccc1Br. The summed E-state index contributed by atoms with van der Waals surface area (Å²) in [5, 5.41) is 0. The second-order valence-electron chi connectivity index (χ2n) is 2.83. The molecule has 0 unspecified atom stereocenters. The normalized spacial score (nSPS) is 9.80. The summed E-state index contributed by atoms with van der Waals surface area (Å²) in [5.74, 6) is -2.08. The second kappa shape index (κ2) is 5.02. The Morgan fingerprint density at radius 2 is 2.13 bits per heavy atom. The van der Waals surface area contributed by atoms with Crippen LogP contribution in [-0.2, 0) is 20.7 Å². The van der Waals surface area contributed by atoms with Crippen LogP contribution in [0.5, 0.6) is 0 Å². The largest absolute Gasteiger partial charge is 0.463 e. The van der Waals surface area contributed by atoms with E-state index in [4.69, 9.17) is 0 Å². The minimum Gasteiger partial charge on any atom is -0.463 e. The van der Waals surface area contributed by atoms with Crippen molar-refractivity contribution in [3.05, 3.63) is 34.1 Å². The predicted octanol–water partition coefficient (Wildman–Crippen LogP) is 1.87. The maximum atomic E-state index is 12.8. The lowest BCUT2D eigenvalue weighted by atomic mass is 10.1. The highest BCUT2D eigenvalue weighted by Crippen LogP contribution is 2.18. The van der Waals surface area contributed by atoms with Gasteiger partial charge in [0, 0.05) is 10.9 Å². The number of ether oxygens (including phenoxy) is 1. The summed E-state index contributed by atoms with van der Waals surface area (Å²) < 4.78 is 17.7. The second-order valence-corrected chi connectivity index (χ2v) is 3.68. The van der Waals surface area contributed by atoms with E-state index >= 15 is 0 Å². The van der Waals surface area contributed by atoms with Gasteiger partial charge in [-0.25, -0.2) is 9.18 Å². The molecule has 0 saturated heterocycles. The molecule has 0 aromatic heterocycles. The summed E-state index contributed by atoms with van der Waals surface area (Å²) in [6, 6.07) is 3.94. The number of esters is 1. The highest BCUT2D eigenvalue weighted by molar-refractivity contribution is 9.10. The highest BCUT2D eigenvalue weighted by Gasteiger charge is 2.16. The van der Waals surface area contributed by atoms with Crippen LogP contribution in [0.15, 0.2) is 22.7 Å². The topological polar surface area (TPSA) is 43.4 Å². The number of rotatable bonds is 3. The molecule has 0 aliphatic rings. The van der Waals surface area contributed by atoms with Gasteiger partial charge in [0.2, 0.25) is 5.78 Å². The van der Waals surface area contributed by atoms with Crippen LogP contribution in [0.1, 0.15) is 5.56 Å². The molecule has 1 rings (SSSR count). The fraction of sp³-hybridized carbons (Fsp3) is 0.200. The molecule has 0 aliphatic heterocycles. The van der Waals surface area contributed by atoms with Crippen LogP contribution in [0.4, 0.5) is 4.39 Å². The monoisotopic (exact) mass is 274 g/mol. The Hall–Kier alpha value is -1.23. The van der Waals surface area contributed by atoms with E-state index < -0.39 is 17.6 Å². The molecule has 0 bridgehead atoms. The molecule has 15 heavy (non-hydrogen) atoms. The number of methoxy groups -OCH3 is 1. The van der Waals surface area contributed by atoms with Gasteiger partial charge in [-0.3, -0.25) is 4.79 Å². The lowest BCUT2D eigenvalue weighted by Gasteiger charge is -2.02. The molecular weight excluding hydrogens is 267 g/mol. The molecule has 0 heterocycles. The molecule has 0 N–H and O–H groups in total. The van der Waals surface area contributed by atoms with Crippen molar-refractivity contribution in [3.8, 4) is 0 Å². The zero-order chi connectivity index (χ0) is 11.4. The molecule has 1 aromatic rings. The van der Waals surface area contributed by atoms with Crippen LogP contribution < -0.4 is 0 Å². The highest BCUT2D eigenvalue weighted by atomic mass is 79.9. The van der Waals surface area contributed by atoms with E-state index in [1.807, 2.05) is 0 Å². The molecule has 0 saturated carbocycles. The van der Waals surface area contributed by atoms with Crippen molar-refractivity contribution >= 4 is 27.7 Å². The summed E-state index contributed by atoms with van der Waals surface area (Å²) in [6.45, 7) is 0. The summed E-state index contributed by atoms with van der Waals surface area (Å²) >= 11 is 3.16. The quantitative estimate of drug-likeness (QED) is 0.624. The Balaban J connectivity index is 2.85. The number of ketones is 1. The van der Waals surface area contributed by atoms with E-state index in [0.29, 0.717) is 10.0 Å². The van der Waals surface area contributed by atoms with Crippen molar-refractivity contribution in [1.82, 2.24) is 0 Å². The van der Waals surface area contributed by atoms with E-state index in [1.165, 1.54) is 18.2 Å². The first kappa shape index (κ1) is 11.8. The number of Topliss-reactive ketones (excluding diaryl/α,β-unsaturated/α-hetero) is 1. The number of hydrogen-bond acceptors (Lipinski definition) is 3. The van der Waals surface area contributed by atoms with Crippen molar-refractivity contribution < 1.29 is 18.7 Å². The summed E-state index contributed by atoms with van der Waals surface area (Å²) in [4.78, 5) is 22.0. The lowest BCUT2D eigenvalue weighted by molar-refractivity contribution is -0.151. The van der Waals surface area contributed by atoms with Gasteiger partial charge in [-0.15, -0.1) is 0 Å². The fourth-order valence-corrected chi connectivity index (χ4v) is 1.42. The van der Waals surface area contributed by atoms with Crippen molar-refractivity contribution in [2.45, 2.75) is 6.42 Å². The number of hydrogen-bond donors (Lipinski definition) is 0. The molecule has 0 atom stereocenters. The van der Waals surface area contributed by atoms with E-state index in [1.54, 1.807) is 0 Å². The van der Waals surface area contributed by atoms with Crippen molar-refractivity contribution in [1.29, 1.82) is 0 Å². The predicted molar refractivity (Wildman–Crippen MR) is 54.8 cm³/mol. The Morgan fingerprint density at radius 3 is 2.73 bits per heavy atom. The Kier molecular flexibility index (Phi) is 3.96. The molecule has 0 fully saturated rings. The molecule has 0 aliphatic carbocycles. The van der Waals surface area contributed by atoms with Crippen LogP contribution in [0, 0.1) is 5.82 Å². The average molecular weight is 275 g/mol. The molecule has 5 heteroatoms. The van der Waals surface area contributed by atoms with Gasteiger partial charge in [0.1, 0.15) is 5.82 Å². The molecule has 0 amide bonds. The Bertz CT molecular complexity index is 404. The first-order valence-corrected chi connectivity index (χ1v) is 4.89. The van der Waals surface area contributed by atoms with Crippen LogP contribution >= 0.6 is 15.9 Å². The van der Waals surface area contributed by atoms with E-state index in [2.05, 4.69) is 20.7 Å². The van der Waals surface area contributed by atoms with Crippen molar-refractivity contribution in [2.75, 3.05) is 7.11 Å². The molecule has 80 valence electrons. The molecule has 3 nitrogen and oxygen atoms in total. The molecule has 0 spiro atoms. The van der Waals surface area contributed by atoms with E-state index in [-0.39, 0.29) is 6.42 Å². The van der Waals surface area contributed by atoms with Crippen molar-refractivity contribution in [3.63, 3.8) is 0 Å². The van der Waals surface area contributed by atoms with Crippen LogP contribution in [0.2, 0.25) is 0 Å². The zero-order valence-corrected chi connectivity index (χ0v) is 9.51. The van der Waals surface area contributed by atoms with Crippen LogP contribution in [0.3, 0.4) is 0 Å². The smallest absolute Gasteiger partial charge is 0.374 e. The first-order valence-electron chi connectivity index (χ1n) is 4.09. The summed E-state index contributed by atoms with van der Waals surface area (Å²) in [5.41, 5.74) is 0.422. The molecule has 1 aromatic carbocycles. The van der Waals surface area contributed by atoms with Gasteiger partial charge in [-0.2, -0.15) is 0 Å². The Morgan fingerprint density at radius 1 is 1.47 bits per heavy atom. The van der Waals surface area contributed by atoms with Gasteiger partial charge < -0.3 is 4.74 Å². The lowest BCUT2D eigenvalue weighted by Crippen LogP contribution is -2.18. The Labute approximate surface area is 94.4 Å². The maximum absolute atomic E-state index is 12.8. The van der Waals surface area contributed by atoms with Gasteiger partial charge in [0.05, 0.1) is 7.11 Å². The van der Waals surface area contributed by atoms with Gasteiger partial charge in [-0.05, 0) is 23.8 Å². The van der Waals surface area contributed by atoms with Crippen LogP contribution in [-0.4, -0.2) is 18.9 Å². The third-order valence-corrected chi connectivity index (χ3v) is 2.55. The number of carbonyl (C=O) groups is 2. The van der Waals surface area contributed by atoms with Crippen molar-refractivity contribution in [2.24, 2.45) is 0 Å². The minimum absolute atomic E-state index is 0.176. The van der Waals surface area contributed by atoms with Gasteiger partial charge in [0.25, 0.3) is 0 Å². The van der Waals surface area contributed by atoms with Gasteiger partial charge in [-0.1, -0.05) is 15.9 Å².